The second-order valence-corrected chi connectivity index (χ2v) is 7.64. The fourth-order valence-electron chi connectivity index (χ4n) is 5.98. The van der Waals surface area contributed by atoms with Crippen LogP contribution in [-0.4, -0.2) is 30.6 Å². The lowest BCUT2D eigenvalue weighted by Gasteiger charge is -2.58. The number of rotatable bonds is 2. The van der Waals surface area contributed by atoms with Gasteiger partial charge in [0.1, 0.15) is 0 Å². The Bertz CT molecular complexity index is 278. The van der Waals surface area contributed by atoms with Gasteiger partial charge in [-0.25, -0.2) is 0 Å². The van der Waals surface area contributed by atoms with Gasteiger partial charge in [0.25, 0.3) is 0 Å². The van der Waals surface area contributed by atoms with Gasteiger partial charge in [0, 0.05) is 6.04 Å². The van der Waals surface area contributed by atoms with Crippen molar-refractivity contribution in [1.82, 2.24) is 4.90 Å². The Morgan fingerprint density at radius 2 is 1.39 bits per heavy atom. The molecule has 0 spiro atoms. The summed E-state index contributed by atoms with van der Waals surface area (Å²) >= 11 is 0. The van der Waals surface area contributed by atoms with Gasteiger partial charge < -0.3 is 5.73 Å². The highest BCUT2D eigenvalue weighted by Crippen LogP contribution is 2.55. The van der Waals surface area contributed by atoms with Gasteiger partial charge in [-0.05, 0) is 94.2 Å². The van der Waals surface area contributed by atoms with Crippen LogP contribution in [0.4, 0.5) is 0 Å². The van der Waals surface area contributed by atoms with E-state index in [2.05, 4.69) is 4.90 Å². The first-order valence-electron chi connectivity index (χ1n) is 8.27. The normalized spacial score (nSPS) is 48.8. The third kappa shape index (κ3) is 1.84. The van der Waals surface area contributed by atoms with Crippen molar-refractivity contribution < 1.29 is 0 Å². The molecular formula is C16H28N2. The lowest BCUT2D eigenvalue weighted by Crippen LogP contribution is -2.57. The molecule has 1 aliphatic heterocycles. The summed E-state index contributed by atoms with van der Waals surface area (Å²) in [6.07, 6.45) is 10.6. The maximum absolute atomic E-state index is 5.82. The highest BCUT2D eigenvalue weighted by molar-refractivity contribution is 5.02. The minimum atomic E-state index is 0.818. The predicted octanol–water partition coefficient (Wildman–Crippen LogP) is 2.48. The zero-order chi connectivity index (χ0) is 12.1. The van der Waals surface area contributed by atoms with Crippen LogP contribution in [0.25, 0.3) is 0 Å². The number of hydrogen-bond acceptors (Lipinski definition) is 2. The van der Waals surface area contributed by atoms with Crippen molar-refractivity contribution in [2.24, 2.45) is 35.3 Å². The smallest absolute Gasteiger partial charge is 0.0152 e. The summed E-state index contributed by atoms with van der Waals surface area (Å²) in [5, 5.41) is 0. The molecule has 4 saturated carbocycles. The summed E-state index contributed by atoms with van der Waals surface area (Å²) in [5.41, 5.74) is 5.82. The first kappa shape index (κ1) is 11.7. The Labute approximate surface area is 111 Å². The van der Waals surface area contributed by atoms with E-state index in [1.165, 1.54) is 25.9 Å². The Morgan fingerprint density at radius 3 is 1.89 bits per heavy atom. The third-order valence-electron chi connectivity index (χ3n) is 6.58. The van der Waals surface area contributed by atoms with Crippen molar-refractivity contribution in [1.29, 1.82) is 0 Å². The molecule has 2 nitrogen and oxygen atoms in total. The van der Waals surface area contributed by atoms with Crippen molar-refractivity contribution in [2.75, 3.05) is 19.6 Å². The van der Waals surface area contributed by atoms with Crippen molar-refractivity contribution in [3.63, 3.8) is 0 Å². The summed E-state index contributed by atoms with van der Waals surface area (Å²) in [6.45, 7) is 3.60. The molecule has 0 radical (unpaired) electrons. The average Bonchev–Trinajstić information content (AvgIpc) is 2.38. The highest BCUT2D eigenvalue weighted by Gasteiger charge is 2.50. The van der Waals surface area contributed by atoms with Crippen LogP contribution in [0.1, 0.15) is 44.9 Å². The first-order chi connectivity index (χ1) is 8.83. The molecule has 1 heterocycles. The molecule has 0 aromatic heterocycles. The van der Waals surface area contributed by atoms with E-state index in [-0.39, 0.29) is 0 Å². The quantitative estimate of drug-likeness (QED) is 0.813. The summed E-state index contributed by atoms with van der Waals surface area (Å²) in [5.74, 6) is 5.18. The fraction of sp³-hybridized carbons (Fsp3) is 1.00. The third-order valence-corrected chi connectivity index (χ3v) is 6.58. The van der Waals surface area contributed by atoms with E-state index >= 15 is 0 Å². The Balaban J connectivity index is 1.46. The van der Waals surface area contributed by atoms with Crippen LogP contribution in [0.15, 0.2) is 0 Å². The predicted molar refractivity (Wildman–Crippen MR) is 74.2 cm³/mol. The van der Waals surface area contributed by atoms with Gasteiger partial charge >= 0.3 is 0 Å². The zero-order valence-corrected chi connectivity index (χ0v) is 11.6. The molecule has 0 amide bonds. The number of nitrogens with two attached hydrogens (primary N) is 1. The molecule has 0 atom stereocenters. The molecule has 5 rings (SSSR count). The van der Waals surface area contributed by atoms with E-state index in [1.807, 2.05) is 0 Å². The fourth-order valence-corrected chi connectivity index (χ4v) is 5.98. The number of likely N-dealkylation sites (tertiary alicyclic amines) is 1. The van der Waals surface area contributed by atoms with E-state index in [4.69, 9.17) is 5.73 Å². The molecule has 5 aliphatic rings. The summed E-state index contributed by atoms with van der Waals surface area (Å²) < 4.78 is 0. The van der Waals surface area contributed by atoms with Crippen molar-refractivity contribution >= 4 is 0 Å². The Hall–Kier alpha value is -0.0800. The molecule has 0 unspecified atom stereocenters. The van der Waals surface area contributed by atoms with Crippen LogP contribution in [0.5, 0.6) is 0 Å². The molecule has 1 saturated heterocycles. The molecule has 5 fully saturated rings. The van der Waals surface area contributed by atoms with Crippen LogP contribution >= 0.6 is 0 Å². The van der Waals surface area contributed by atoms with Crippen molar-refractivity contribution in [3.8, 4) is 0 Å². The second-order valence-electron chi connectivity index (χ2n) is 7.64. The highest BCUT2D eigenvalue weighted by atomic mass is 15.2. The number of hydrogen-bond donors (Lipinski definition) is 1. The van der Waals surface area contributed by atoms with Gasteiger partial charge in [-0.2, -0.15) is 0 Å². The van der Waals surface area contributed by atoms with E-state index in [0.717, 1.165) is 42.2 Å². The Kier molecular flexibility index (Phi) is 2.92. The Morgan fingerprint density at radius 1 is 0.833 bits per heavy atom. The van der Waals surface area contributed by atoms with Gasteiger partial charge in [0.05, 0.1) is 0 Å². The van der Waals surface area contributed by atoms with E-state index in [1.54, 1.807) is 32.1 Å². The van der Waals surface area contributed by atoms with Crippen molar-refractivity contribution in [2.45, 2.75) is 51.0 Å². The minimum Gasteiger partial charge on any atom is -0.330 e. The van der Waals surface area contributed by atoms with E-state index in [9.17, 15) is 0 Å². The maximum atomic E-state index is 5.82. The summed E-state index contributed by atoms with van der Waals surface area (Å²) in [7, 11) is 0. The molecule has 4 aliphatic carbocycles. The molecule has 4 bridgehead atoms. The van der Waals surface area contributed by atoms with Gasteiger partial charge in [0.2, 0.25) is 0 Å². The number of piperidine rings is 1. The van der Waals surface area contributed by atoms with Crippen LogP contribution in [0.3, 0.4) is 0 Å². The lowest BCUT2D eigenvalue weighted by atomic mass is 9.53. The van der Waals surface area contributed by atoms with Crippen LogP contribution in [-0.2, 0) is 0 Å². The molecule has 2 N–H and O–H groups in total. The molecule has 2 heteroatoms. The monoisotopic (exact) mass is 248 g/mol. The van der Waals surface area contributed by atoms with Gasteiger partial charge in [-0.1, -0.05) is 0 Å². The van der Waals surface area contributed by atoms with E-state index in [0.29, 0.717) is 0 Å². The van der Waals surface area contributed by atoms with Crippen molar-refractivity contribution in [3.05, 3.63) is 0 Å². The summed E-state index contributed by atoms with van der Waals surface area (Å²) in [4.78, 5) is 2.87. The minimum absolute atomic E-state index is 0.818. The summed E-state index contributed by atoms with van der Waals surface area (Å²) in [6, 6.07) is 0.969. The standard InChI is InChI=1S/C16H28N2/c17-10-11-1-3-18(4-2-11)16-14-6-12-5-13(8-14)9-15(16)7-12/h11-16H,1-10,17H2. The largest absolute Gasteiger partial charge is 0.330 e. The van der Waals surface area contributed by atoms with Crippen LogP contribution < -0.4 is 5.73 Å². The van der Waals surface area contributed by atoms with Gasteiger partial charge in [0.15, 0.2) is 0 Å². The lowest BCUT2D eigenvalue weighted by molar-refractivity contribution is -0.0732. The van der Waals surface area contributed by atoms with E-state index < -0.39 is 0 Å². The van der Waals surface area contributed by atoms with Crippen LogP contribution in [0, 0.1) is 29.6 Å². The molecule has 0 aromatic carbocycles. The molecule has 0 aromatic rings. The van der Waals surface area contributed by atoms with Gasteiger partial charge in [-0.15, -0.1) is 0 Å². The zero-order valence-electron chi connectivity index (χ0n) is 11.6. The van der Waals surface area contributed by atoms with Gasteiger partial charge in [-0.3, -0.25) is 4.90 Å². The molecule has 18 heavy (non-hydrogen) atoms. The second kappa shape index (κ2) is 4.49. The van der Waals surface area contributed by atoms with Crippen LogP contribution in [0.2, 0.25) is 0 Å². The number of nitrogens with zero attached hydrogens (tertiary/aromatic N) is 1. The maximum Gasteiger partial charge on any atom is 0.0152 e. The average molecular weight is 248 g/mol. The topological polar surface area (TPSA) is 29.3 Å². The molecular weight excluding hydrogens is 220 g/mol. The molecule has 102 valence electrons. The first-order valence-corrected chi connectivity index (χ1v) is 8.27. The SMILES string of the molecule is NCC1CCN(C2C3CC4CC(C3)CC2C4)CC1.